The molecule has 31 heavy (non-hydrogen) atoms. The minimum absolute atomic E-state index is 0.790. The van der Waals surface area contributed by atoms with Crippen LogP contribution in [0.25, 0.3) is 22.3 Å². The number of hydrogen-bond donors (Lipinski definition) is 4. The minimum atomic E-state index is 0.790. The van der Waals surface area contributed by atoms with E-state index in [2.05, 4.69) is 76.6 Å². The smallest absolute Gasteiger partial charge is 0.119 e. The van der Waals surface area contributed by atoms with E-state index in [0.717, 1.165) is 46.1 Å². The first kappa shape index (κ1) is 19.1. The maximum absolute atomic E-state index is 5.29. The van der Waals surface area contributed by atoms with Crippen LogP contribution in [0.1, 0.15) is 22.6 Å². The first-order valence-electron chi connectivity index (χ1n) is 10.5. The molecule has 5 nitrogen and oxygen atoms in total. The predicted molar refractivity (Wildman–Crippen MR) is 127 cm³/mol. The molecule has 5 heteroatoms. The highest BCUT2D eigenvalue weighted by Gasteiger charge is 2.14. The van der Waals surface area contributed by atoms with E-state index in [-0.39, 0.29) is 0 Å². The van der Waals surface area contributed by atoms with E-state index in [4.69, 9.17) is 4.74 Å². The van der Waals surface area contributed by atoms with Crippen LogP contribution in [0.5, 0.6) is 5.75 Å². The molecule has 0 bridgehead atoms. The summed E-state index contributed by atoms with van der Waals surface area (Å²) in [6, 6.07) is 22.9. The van der Waals surface area contributed by atoms with Crippen LogP contribution in [0.2, 0.25) is 0 Å². The van der Waals surface area contributed by atoms with Gasteiger partial charge in [0.05, 0.1) is 24.2 Å². The van der Waals surface area contributed by atoms with Crippen LogP contribution >= 0.6 is 0 Å². The second kappa shape index (κ2) is 7.76. The van der Waals surface area contributed by atoms with E-state index in [1.165, 1.54) is 22.3 Å². The summed E-state index contributed by atoms with van der Waals surface area (Å²) in [6.07, 6.45) is 0.790. The van der Waals surface area contributed by atoms with Crippen molar-refractivity contribution in [3.8, 4) is 17.1 Å². The number of aromatic nitrogens is 3. The van der Waals surface area contributed by atoms with Crippen molar-refractivity contribution in [3.63, 3.8) is 0 Å². The monoisotopic (exact) mass is 410 g/mol. The molecule has 5 aromatic rings. The molecular formula is C26H26N4O. The third-order valence-corrected chi connectivity index (χ3v) is 5.70. The third-order valence-electron chi connectivity index (χ3n) is 5.70. The van der Waals surface area contributed by atoms with Crippen LogP contribution in [0.4, 0.5) is 11.4 Å². The Labute approximate surface area is 181 Å². The summed E-state index contributed by atoms with van der Waals surface area (Å²) in [6.45, 7) is 4.24. The largest absolute Gasteiger partial charge is 0.497 e. The molecule has 3 heterocycles. The molecule has 0 amide bonds. The van der Waals surface area contributed by atoms with Crippen molar-refractivity contribution in [2.24, 2.45) is 0 Å². The Kier molecular flexibility index (Phi) is 4.79. The maximum atomic E-state index is 5.29. The van der Waals surface area contributed by atoms with Crippen molar-refractivity contribution >= 4 is 22.3 Å². The Bertz CT molecular complexity index is 1300. The van der Waals surface area contributed by atoms with Gasteiger partial charge in [0.25, 0.3) is 0 Å². The lowest BCUT2D eigenvalue weighted by atomic mass is 10.1. The summed E-state index contributed by atoms with van der Waals surface area (Å²) < 4.78 is 5.29. The maximum Gasteiger partial charge on any atom is 0.119 e. The van der Waals surface area contributed by atoms with Gasteiger partial charge in [0.2, 0.25) is 0 Å². The molecule has 0 aliphatic heterocycles. The Balaban J connectivity index is 1.53. The van der Waals surface area contributed by atoms with Gasteiger partial charge in [-0.2, -0.15) is 0 Å². The van der Waals surface area contributed by atoms with Gasteiger partial charge in [-0.15, -0.1) is 0 Å². The van der Waals surface area contributed by atoms with Gasteiger partial charge in [0.1, 0.15) is 5.75 Å². The fourth-order valence-electron chi connectivity index (χ4n) is 4.09. The molecule has 0 saturated carbocycles. The lowest BCUT2D eigenvalue weighted by molar-refractivity contribution is 0.415. The van der Waals surface area contributed by atoms with Gasteiger partial charge in [-0.05, 0) is 67.9 Å². The zero-order valence-corrected chi connectivity index (χ0v) is 18.0. The number of H-pyrrole nitrogens is 3. The summed E-state index contributed by atoms with van der Waals surface area (Å²) in [5.74, 6) is 0.844. The molecule has 0 saturated heterocycles. The lowest BCUT2D eigenvalue weighted by Gasteiger charge is -2.09. The van der Waals surface area contributed by atoms with Gasteiger partial charge in [-0.3, -0.25) is 0 Å². The van der Waals surface area contributed by atoms with E-state index in [9.17, 15) is 0 Å². The van der Waals surface area contributed by atoms with E-state index in [1.54, 1.807) is 7.11 Å². The summed E-state index contributed by atoms with van der Waals surface area (Å²) in [5.41, 5.74) is 10.2. The first-order chi connectivity index (χ1) is 15.1. The van der Waals surface area contributed by atoms with Crippen molar-refractivity contribution in [2.45, 2.75) is 20.3 Å². The Morgan fingerprint density at radius 3 is 2.29 bits per heavy atom. The lowest BCUT2D eigenvalue weighted by Crippen LogP contribution is -1.97. The van der Waals surface area contributed by atoms with Crippen LogP contribution in [0.3, 0.4) is 0 Å². The fourth-order valence-corrected chi connectivity index (χ4v) is 4.09. The van der Waals surface area contributed by atoms with E-state index in [0.29, 0.717) is 0 Å². The number of aryl methyl sites for hydroxylation is 2. The Hall–Kier alpha value is -3.86. The fraction of sp³-hybridized carbons (Fsp3) is 0.154. The molecule has 0 aliphatic rings. The Morgan fingerprint density at radius 1 is 0.806 bits per heavy atom. The van der Waals surface area contributed by atoms with Crippen molar-refractivity contribution in [1.82, 2.24) is 15.0 Å². The number of fused-ring (bicyclic) bond motifs is 1. The molecule has 0 atom stereocenters. The highest BCUT2D eigenvalue weighted by Crippen LogP contribution is 2.31. The van der Waals surface area contributed by atoms with E-state index < -0.39 is 0 Å². The summed E-state index contributed by atoms with van der Waals surface area (Å²) in [4.78, 5) is 10.7. The van der Waals surface area contributed by atoms with E-state index in [1.807, 2.05) is 24.3 Å². The van der Waals surface area contributed by atoms with Crippen LogP contribution in [-0.4, -0.2) is 22.1 Å². The van der Waals surface area contributed by atoms with Gasteiger partial charge in [0, 0.05) is 40.1 Å². The number of rotatable bonds is 6. The van der Waals surface area contributed by atoms with Crippen molar-refractivity contribution in [2.75, 3.05) is 12.4 Å². The summed E-state index contributed by atoms with van der Waals surface area (Å²) in [7, 11) is 1.68. The molecular weight excluding hydrogens is 384 g/mol. The number of nitrogens with one attached hydrogen (secondary N) is 4. The van der Waals surface area contributed by atoms with Crippen LogP contribution in [0, 0.1) is 13.8 Å². The first-order valence-corrected chi connectivity index (χ1v) is 10.5. The number of hydrogen-bond acceptors (Lipinski definition) is 2. The number of benzene rings is 2. The van der Waals surface area contributed by atoms with Crippen molar-refractivity contribution < 1.29 is 4.74 Å². The number of methoxy groups -OCH3 is 1. The SMILES string of the molecule is COc1ccc(Nc2cc(-c3cc4ccccc4[nH]3)[nH]c2Cc2[nH]c(C)cc2C)cc1. The third kappa shape index (κ3) is 3.82. The van der Waals surface area contributed by atoms with Gasteiger partial charge < -0.3 is 25.0 Å². The molecule has 0 radical (unpaired) electrons. The predicted octanol–water partition coefficient (Wildman–Crippen LogP) is 6.45. The zero-order valence-electron chi connectivity index (χ0n) is 18.0. The molecule has 2 aromatic carbocycles. The standard InChI is InChI=1S/C26H26N4O/c1-16-12-17(2)27-22(16)14-25-24(28-19-8-10-20(31-3)11-9-19)15-26(30-25)23-13-18-6-4-5-7-21(18)29-23/h4-13,15,27-30H,14H2,1-3H3. The number of ether oxygens (including phenoxy) is 1. The van der Waals surface area contributed by atoms with Gasteiger partial charge in [0.15, 0.2) is 0 Å². The molecule has 0 spiro atoms. The molecule has 0 fully saturated rings. The second-order valence-corrected chi connectivity index (χ2v) is 7.99. The number of aromatic amines is 3. The molecule has 5 rings (SSSR count). The highest BCUT2D eigenvalue weighted by atomic mass is 16.5. The normalized spacial score (nSPS) is 11.2. The molecule has 156 valence electrons. The van der Waals surface area contributed by atoms with Gasteiger partial charge >= 0.3 is 0 Å². The molecule has 3 aromatic heterocycles. The molecule has 4 N–H and O–H groups in total. The molecule has 0 unspecified atom stereocenters. The van der Waals surface area contributed by atoms with Gasteiger partial charge in [-0.1, -0.05) is 18.2 Å². The van der Waals surface area contributed by atoms with Crippen LogP contribution < -0.4 is 10.1 Å². The summed E-state index contributed by atoms with van der Waals surface area (Å²) in [5, 5.41) is 4.78. The van der Waals surface area contributed by atoms with Crippen LogP contribution in [0.15, 0.2) is 66.7 Å². The topological polar surface area (TPSA) is 68.6 Å². The Morgan fingerprint density at radius 2 is 1.58 bits per heavy atom. The quantitative estimate of drug-likeness (QED) is 0.260. The highest BCUT2D eigenvalue weighted by molar-refractivity contribution is 5.86. The number of anilines is 2. The average molecular weight is 411 g/mol. The van der Waals surface area contributed by atoms with Crippen molar-refractivity contribution in [1.29, 1.82) is 0 Å². The zero-order chi connectivity index (χ0) is 21.4. The summed E-state index contributed by atoms with van der Waals surface area (Å²) >= 11 is 0. The van der Waals surface area contributed by atoms with Gasteiger partial charge in [-0.25, -0.2) is 0 Å². The molecule has 0 aliphatic carbocycles. The second-order valence-electron chi connectivity index (χ2n) is 7.99. The average Bonchev–Trinajstić information content (AvgIpc) is 3.46. The van der Waals surface area contributed by atoms with Crippen molar-refractivity contribution in [3.05, 3.63) is 89.4 Å². The van der Waals surface area contributed by atoms with E-state index >= 15 is 0 Å². The van der Waals surface area contributed by atoms with Crippen LogP contribution in [-0.2, 0) is 6.42 Å². The number of para-hydroxylation sites is 1. The minimum Gasteiger partial charge on any atom is -0.497 e.